The summed E-state index contributed by atoms with van der Waals surface area (Å²) in [7, 11) is -2.55. The molecule has 0 amide bonds. The average molecular weight is 566 g/mol. The van der Waals surface area contributed by atoms with E-state index in [2.05, 4.69) is 33.6 Å². The van der Waals surface area contributed by atoms with Gasteiger partial charge in [0, 0.05) is 31.2 Å². The first-order chi connectivity index (χ1) is 18.3. The summed E-state index contributed by atoms with van der Waals surface area (Å²) in [6, 6.07) is 7.01. The molecule has 0 spiro atoms. The first kappa shape index (κ1) is 28.5. The molecule has 1 fully saturated rings. The Morgan fingerprint density at radius 2 is 1.95 bits per heavy atom. The minimum absolute atomic E-state index is 0.132. The average Bonchev–Trinajstić information content (AvgIpc) is 2.90. The number of anilines is 2. The van der Waals surface area contributed by atoms with Crippen LogP contribution in [-0.4, -0.2) is 45.6 Å². The first-order valence-corrected chi connectivity index (χ1v) is 13.8. The van der Waals surface area contributed by atoms with Crippen molar-refractivity contribution in [1.29, 1.82) is 0 Å². The Morgan fingerprint density at radius 3 is 2.62 bits per heavy atom. The second-order valence-electron chi connectivity index (χ2n) is 9.94. The molecule has 3 atom stereocenters. The molecule has 2 unspecified atom stereocenters. The van der Waals surface area contributed by atoms with Crippen LogP contribution in [0.15, 0.2) is 66.7 Å². The molecule has 39 heavy (non-hydrogen) atoms. The third-order valence-electron chi connectivity index (χ3n) is 7.39. The number of carbonyl (C=O) groups is 1. The van der Waals surface area contributed by atoms with Crippen molar-refractivity contribution in [3.05, 3.63) is 72.2 Å². The zero-order valence-electron chi connectivity index (χ0n) is 21.7. The third kappa shape index (κ3) is 6.05. The van der Waals surface area contributed by atoms with E-state index in [1.54, 1.807) is 18.5 Å². The largest absolute Gasteiger partial charge is 0.534 e. The van der Waals surface area contributed by atoms with Crippen molar-refractivity contribution in [1.82, 2.24) is 4.98 Å². The fourth-order valence-corrected chi connectivity index (χ4v) is 5.77. The van der Waals surface area contributed by atoms with E-state index in [9.17, 15) is 26.4 Å². The molecule has 2 aromatic rings. The number of nitrogens with one attached hydrogen (secondary N) is 1. The van der Waals surface area contributed by atoms with Crippen LogP contribution in [0.3, 0.4) is 0 Å². The number of nitrogens with zero attached hydrogens (tertiary/aromatic N) is 2. The number of hydrogen-bond donors (Lipinski definition) is 1. The Bertz CT molecular complexity index is 1380. The number of pyridine rings is 1. The molecule has 1 aromatic heterocycles. The molecule has 8 nitrogen and oxygen atoms in total. The second-order valence-corrected chi connectivity index (χ2v) is 11.5. The van der Waals surface area contributed by atoms with Crippen LogP contribution in [0, 0.1) is 17.3 Å². The van der Waals surface area contributed by atoms with Gasteiger partial charge in [0.15, 0.2) is 0 Å². The van der Waals surface area contributed by atoms with E-state index in [4.69, 9.17) is 4.74 Å². The number of hydrogen-bond acceptors (Lipinski definition) is 8. The maximum atomic E-state index is 12.6. The lowest BCUT2D eigenvalue weighted by Crippen LogP contribution is -2.40. The van der Waals surface area contributed by atoms with Gasteiger partial charge in [-0.1, -0.05) is 25.5 Å². The van der Waals surface area contributed by atoms with E-state index in [0.29, 0.717) is 29.4 Å². The van der Waals surface area contributed by atoms with Crippen LogP contribution < -0.4 is 14.4 Å². The number of halogens is 3. The van der Waals surface area contributed by atoms with E-state index in [-0.39, 0.29) is 11.3 Å². The highest BCUT2D eigenvalue weighted by Gasteiger charge is 2.48. The number of fused-ring (bicyclic) bond motifs is 1. The Balaban J connectivity index is 1.46. The number of carbonyl (C=O) groups excluding carboxylic acids is 1. The summed E-state index contributed by atoms with van der Waals surface area (Å²) in [4.78, 5) is 18.1. The summed E-state index contributed by atoms with van der Waals surface area (Å²) in [5.41, 5.74) is -3.00. The Labute approximate surface area is 225 Å². The van der Waals surface area contributed by atoms with Crippen LogP contribution in [0.25, 0.3) is 0 Å². The van der Waals surface area contributed by atoms with Crippen molar-refractivity contribution in [2.24, 2.45) is 17.3 Å². The molecule has 0 saturated heterocycles. The van der Waals surface area contributed by atoms with Crippen LogP contribution in [0.1, 0.15) is 36.5 Å². The lowest BCUT2D eigenvalue weighted by molar-refractivity contribution is -0.0500. The van der Waals surface area contributed by atoms with Gasteiger partial charge in [-0.25, -0.2) is 4.79 Å². The van der Waals surface area contributed by atoms with Crippen molar-refractivity contribution < 1.29 is 35.3 Å². The third-order valence-corrected chi connectivity index (χ3v) is 8.37. The van der Waals surface area contributed by atoms with E-state index in [1.807, 2.05) is 18.0 Å². The van der Waals surface area contributed by atoms with Crippen LogP contribution in [0.5, 0.6) is 5.75 Å². The standard InChI is InChI=1S/C27H30F3N3O5S/c1-26-13-4-5-18(16-32-24-17-31-14-12-22(24)25(34)37-3)23(26)11-8-20(15-26)33(2)19-6-9-21(10-7-19)38-39(35,36)27(28,29)30/h6-12,14-15,17-18,23,32H,4-5,13,16H2,1-3H3/t18-,23?,26?/m0/s1. The van der Waals surface area contributed by atoms with Gasteiger partial charge in [-0.15, -0.1) is 0 Å². The number of allylic oxidation sites excluding steroid dienone is 3. The predicted octanol–water partition coefficient (Wildman–Crippen LogP) is 5.52. The SMILES string of the molecule is COC(=O)c1ccncc1NC[C@@H]1CCCC2(C)C=C(N(C)c3ccc(OS(=O)(=O)C(F)(F)F)cc3)C=CC12. The Kier molecular flexibility index (Phi) is 7.97. The van der Waals surface area contributed by atoms with Crippen LogP contribution in [-0.2, 0) is 14.9 Å². The molecular weight excluding hydrogens is 535 g/mol. The molecule has 1 saturated carbocycles. The van der Waals surface area contributed by atoms with E-state index in [1.165, 1.54) is 31.4 Å². The van der Waals surface area contributed by atoms with Crippen molar-refractivity contribution in [2.75, 3.05) is 30.9 Å². The van der Waals surface area contributed by atoms with Crippen molar-refractivity contribution in [2.45, 2.75) is 31.7 Å². The summed E-state index contributed by atoms with van der Waals surface area (Å²) in [5, 5.41) is 3.39. The van der Waals surface area contributed by atoms with Gasteiger partial charge in [0.1, 0.15) is 5.75 Å². The predicted molar refractivity (Wildman–Crippen MR) is 141 cm³/mol. The monoisotopic (exact) mass is 565 g/mol. The normalized spacial score (nSPS) is 22.9. The highest BCUT2D eigenvalue weighted by Crippen LogP contribution is 2.49. The van der Waals surface area contributed by atoms with Crippen molar-refractivity contribution in [3.63, 3.8) is 0 Å². The van der Waals surface area contributed by atoms with Gasteiger partial charge in [-0.2, -0.15) is 21.6 Å². The topological polar surface area (TPSA) is 97.8 Å². The fourth-order valence-electron chi connectivity index (χ4n) is 5.31. The van der Waals surface area contributed by atoms with Crippen LogP contribution >= 0.6 is 0 Å². The molecule has 0 bridgehead atoms. The fraction of sp³-hybridized carbons (Fsp3) is 0.407. The van der Waals surface area contributed by atoms with E-state index < -0.39 is 27.3 Å². The number of aromatic nitrogens is 1. The van der Waals surface area contributed by atoms with E-state index in [0.717, 1.165) is 25.0 Å². The molecule has 0 aliphatic heterocycles. The Morgan fingerprint density at radius 1 is 1.23 bits per heavy atom. The first-order valence-electron chi connectivity index (χ1n) is 12.4. The van der Waals surface area contributed by atoms with Crippen LogP contribution in [0.4, 0.5) is 24.5 Å². The molecule has 0 radical (unpaired) electrons. The van der Waals surface area contributed by atoms with Crippen molar-refractivity contribution >= 4 is 27.5 Å². The van der Waals surface area contributed by atoms with E-state index >= 15 is 0 Å². The molecule has 2 aliphatic rings. The Hall–Kier alpha value is -3.54. The number of methoxy groups -OCH3 is 1. The molecule has 2 aliphatic carbocycles. The molecule has 12 heteroatoms. The molecule has 1 N–H and O–H groups in total. The summed E-state index contributed by atoms with van der Waals surface area (Å²) in [6.45, 7) is 2.87. The lowest BCUT2D eigenvalue weighted by Gasteiger charge is -2.46. The van der Waals surface area contributed by atoms with Gasteiger partial charge in [0.25, 0.3) is 0 Å². The van der Waals surface area contributed by atoms with Gasteiger partial charge in [0.2, 0.25) is 0 Å². The number of rotatable bonds is 8. The van der Waals surface area contributed by atoms with Gasteiger partial charge in [-0.3, -0.25) is 4.98 Å². The molecule has 4 rings (SSSR count). The number of esters is 1. The van der Waals surface area contributed by atoms with Gasteiger partial charge < -0.3 is 19.1 Å². The number of ether oxygens (including phenoxy) is 1. The van der Waals surface area contributed by atoms with Gasteiger partial charge >= 0.3 is 21.6 Å². The molecule has 1 heterocycles. The highest BCUT2D eigenvalue weighted by molar-refractivity contribution is 7.88. The zero-order chi connectivity index (χ0) is 28.4. The summed E-state index contributed by atoms with van der Waals surface area (Å²) >= 11 is 0. The second kappa shape index (κ2) is 10.9. The molecular formula is C27H30F3N3O5S. The number of benzene rings is 1. The lowest BCUT2D eigenvalue weighted by atomic mass is 9.60. The summed E-state index contributed by atoms with van der Waals surface area (Å²) < 4.78 is 69.4. The van der Waals surface area contributed by atoms with Crippen LogP contribution in [0.2, 0.25) is 0 Å². The van der Waals surface area contributed by atoms with Gasteiger partial charge in [-0.05, 0) is 66.5 Å². The molecule has 1 aromatic carbocycles. The van der Waals surface area contributed by atoms with Crippen molar-refractivity contribution in [3.8, 4) is 5.75 Å². The van der Waals surface area contributed by atoms with Gasteiger partial charge in [0.05, 0.1) is 24.6 Å². The quantitative estimate of drug-likeness (QED) is 0.254. The maximum absolute atomic E-state index is 12.6. The smallest absolute Gasteiger partial charge is 0.465 e. The highest BCUT2D eigenvalue weighted by atomic mass is 32.2. The summed E-state index contributed by atoms with van der Waals surface area (Å²) in [5.74, 6) is -0.294. The molecule has 210 valence electrons. The minimum Gasteiger partial charge on any atom is -0.465 e. The summed E-state index contributed by atoms with van der Waals surface area (Å²) in [6.07, 6.45) is 12.6. The number of likely N-dealkylation sites (N-methyl/N-ethyl adjacent to an activating group) is 1. The zero-order valence-corrected chi connectivity index (χ0v) is 22.6. The number of alkyl halides is 3. The minimum atomic E-state index is -5.73. The maximum Gasteiger partial charge on any atom is 0.534 e.